The summed E-state index contributed by atoms with van der Waals surface area (Å²) in [5.74, 6) is 0. The summed E-state index contributed by atoms with van der Waals surface area (Å²) in [6.45, 7) is 11.4. The van der Waals surface area contributed by atoms with Gasteiger partial charge >= 0.3 is 7.12 Å². The lowest BCUT2D eigenvalue weighted by Crippen LogP contribution is -2.41. The fourth-order valence-electron chi connectivity index (χ4n) is 2.07. The smallest absolute Gasteiger partial charge is 0.398 e. The minimum absolute atomic E-state index is 0.342. The predicted octanol–water partition coefficient (Wildman–Crippen LogP) is 1.26. The van der Waals surface area contributed by atoms with Crippen molar-refractivity contribution < 1.29 is 14.0 Å². The van der Waals surface area contributed by atoms with Gasteiger partial charge in [0.2, 0.25) is 0 Å². The summed E-state index contributed by atoms with van der Waals surface area (Å²) in [6, 6.07) is 0. The van der Waals surface area contributed by atoms with Crippen molar-refractivity contribution in [3.8, 4) is 0 Å². The number of nitrogens with zero attached hydrogens (tertiary/aromatic N) is 2. The Morgan fingerprint density at radius 3 is 2.37 bits per heavy atom. The second-order valence-electron chi connectivity index (χ2n) is 5.90. The van der Waals surface area contributed by atoms with Crippen molar-refractivity contribution >= 4 is 12.7 Å². The van der Waals surface area contributed by atoms with Crippen LogP contribution in [0.25, 0.3) is 0 Å². The SMILES string of the molecule is CCOCc1cnn(C)c1B1OC(C)(C)C(C)(C)O1. The zero-order valence-electron chi connectivity index (χ0n) is 12.7. The summed E-state index contributed by atoms with van der Waals surface area (Å²) in [4.78, 5) is 0. The third kappa shape index (κ3) is 2.57. The monoisotopic (exact) mass is 266 g/mol. The molecule has 0 spiro atoms. The average Bonchev–Trinajstić information content (AvgIpc) is 2.74. The van der Waals surface area contributed by atoms with Gasteiger partial charge in [0.15, 0.2) is 0 Å². The molecule has 1 fully saturated rings. The van der Waals surface area contributed by atoms with Crippen LogP contribution in [-0.4, -0.2) is 34.7 Å². The maximum atomic E-state index is 6.07. The summed E-state index contributed by atoms with van der Waals surface area (Å²) in [5.41, 5.74) is 1.27. The van der Waals surface area contributed by atoms with Crippen LogP contribution >= 0.6 is 0 Å². The highest BCUT2D eigenvalue weighted by molar-refractivity contribution is 6.61. The molecule has 0 amide bonds. The Labute approximate surface area is 115 Å². The van der Waals surface area contributed by atoms with E-state index in [0.29, 0.717) is 13.2 Å². The zero-order chi connectivity index (χ0) is 14.3. The van der Waals surface area contributed by atoms with Crippen LogP contribution in [0.4, 0.5) is 0 Å². The highest BCUT2D eigenvalue weighted by Crippen LogP contribution is 2.36. The molecule has 0 unspecified atom stereocenters. The molecule has 1 aliphatic rings. The molecule has 1 aromatic rings. The first-order valence-electron chi connectivity index (χ1n) is 6.72. The summed E-state index contributed by atoms with van der Waals surface area (Å²) >= 11 is 0. The van der Waals surface area contributed by atoms with Gasteiger partial charge in [-0.1, -0.05) is 0 Å². The summed E-state index contributed by atoms with van der Waals surface area (Å²) < 4.78 is 19.4. The van der Waals surface area contributed by atoms with E-state index in [1.807, 2.05) is 47.9 Å². The maximum Gasteiger partial charge on any atom is 0.514 e. The molecule has 0 bridgehead atoms. The van der Waals surface area contributed by atoms with E-state index in [2.05, 4.69) is 5.10 Å². The molecule has 0 aromatic carbocycles. The Kier molecular flexibility index (Phi) is 3.77. The van der Waals surface area contributed by atoms with Crippen LogP contribution in [0.5, 0.6) is 0 Å². The fraction of sp³-hybridized carbons (Fsp3) is 0.769. The first-order chi connectivity index (χ1) is 8.78. The average molecular weight is 266 g/mol. The molecular formula is C13H23BN2O3. The third-order valence-electron chi connectivity index (χ3n) is 4.00. The summed E-state index contributed by atoms with van der Waals surface area (Å²) in [7, 11) is 1.50. The van der Waals surface area contributed by atoms with Crippen molar-refractivity contribution in [2.24, 2.45) is 7.05 Å². The Bertz CT molecular complexity index is 441. The van der Waals surface area contributed by atoms with Gasteiger partial charge < -0.3 is 14.0 Å². The minimum atomic E-state index is -0.395. The van der Waals surface area contributed by atoms with Crippen LogP contribution in [0.2, 0.25) is 0 Å². The van der Waals surface area contributed by atoms with Crippen LogP contribution in [0.15, 0.2) is 6.20 Å². The predicted molar refractivity (Wildman–Crippen MR) is 74.3 cm³/mol. The van der Waals surface area contributed by atoms with Gasteiger partial charge in [-0.3, -0.25) is 4.68 Å². The first-order valence-corrected chi connectivity index (χ1v) is 6.72. The lowest BCUT2D eigenvalue weighted by atomic mass is 9.82. The van der Waals surface area contributed by atoms with E-state index >= 15 is 0 Å². The molecule has 0 atom stereocenters. The topological polar surface area (TPSA) is 45.5 Å². The maximum absolute atomic E-state index is 6.07. The standard InChI is InChI=1S/C13H23BN2O3/c1-7-17-9-10-8-15-16(6)11(10)14-18-12(2,3)13(4,5)19-14/h8H,7,9H2,1-6H3. The van der Waals surface area contributed by atoms with Crippen molar-refractivity contribution in [3.63, 3.8) is 0 Å². The van der Waals surface area contributed by atoms with E-state index in [4.69, 9.17) is 14.0 Å². The molecule has 5 nitrogen and oxygen atoms in total. The Morgan fingerprint density at radius 1 is 1.26 bits per heavy atom. The highest BCUT2D eigenvalue weighted by atomic mass is 16.7. The first kappa shape index (κ1) is 14.6. The Hall–Kier alpha value is -0.845. The molecule has 1 aromatic heterocycles. The second kappa shape index (κ2) is 4.92. The lowest BCUT2D eigenvalue weighted by molar-refractivity contribution is 0.00578. The van der Waals surface area contributed by atoms with Gasteiger partial charge in [-0.25, -0.2) is 0 Å². The van der Waals surface area contributed by atoms with Crippen LogP contribution in [0, 0.1) is 0 Å². The number of aryl methyl sites for hydroxylation is 1. The van der Waals surface area contributed by atoms with Crippen molar-refractivity contribution in [1.82, 2.24) is 9.78 Å². The van der Waals surface area contributed by atoms with Gasteiger partial charge in [0.05, 0.1) is 29.6 Å². The van der Waals surface area contributed by atoms with Gasteiger partial charge in [0.25, 0.3) is 0 Å². The molecule has 0 saturated carbocycles. The van der Waals surface area contributed by atoms with Crippen LogP contribution in [0.3, 0.4) is 0 Å². The van der Waals surface area contributed by atoms with Crippen LogP contribution in [-0.2, 0) is 27.7 Å². The summed E-state index contributed by atoms with van der Waals surface area (Å²) in [5, 5.41) is 4.29. The number of hydrogen-bond donors (Lipinski definition) is 0. The van der Waals surface area contributed by atoms with E-state index in [9.17, 15) is 0 Å². The van der Waals surface area contributed by atoms with Gasteiger partial charge in [0.1, 0.15) is 0 Å². The molecule has 19 heavy (non-hydrogen) atoms. The number of rotatable bonds is 4. The van der Waals surface area contributed by atoms with E-state index < -0.39 is 7.12 Å². The van der Waals surface area contributed by atoms with Gasteiger partial charge in [0, 0.05) is 19.2 Å². The van der Waals surface area contributed by atoms with Crippen molar-refractivity contribution in [2.45, 2.75) is 52.4 Å². The molecule has 0 N–H and O–H groups in total. The number of aromatic nitrogens is 2. The van der Waals surface area contributed by atoms with E-state index in [0.717, 1.165) is 11.2 Å². The molecule has 1 saturated heterocycles. The quantitative estimate of drug-likeness (QED) is 0.769. The van der Waals surface area contributed by atoms with Crippen molar-refractivity contribution in [2.75, 3.05) is 6.61 Å². The number of hydrogen-bond acceptors (Lipinski definition) is 4. The highest BCUT2D eigenvalue weighted by Gasteiger charge is 2.53. The molecule has 1 aliphatic heterocycles. The normalized spacial score (nSPS) is 21.1. The van der Waals surface area contributed by atoms with E-state index in [-0.39, 0.29) is 11.2 Å². The second-order valence-corrected chi connectivity index (χ2v) is 5.90. The zero-order valence-corrected chi connectivity index (χ0v) is 12.7. The van der Waals surface area contributed by atoms with Crippen LogP contribution in [0.1, 0.15) is 40.2 Å². The van der Waals surface area contributed by atoms with Crippen LogP contribution < -0.4 is 5.59 Å². The van der Waals surface area contributed by atoms with Gasteiger partial charge in [-0.2, -0.15) is 5.10 Å². The van der Waals surface area contributed by atoms with Gasteiger partial charge in [-0.15, -0.1) is 0 Å². The molecule has 0 aliphatic carbocycles. The molecule has 106 valence electrons. The summed E-state index contributed by atoms with van der Waals surface area (Å²) in [6.07, 6.45) is 1.82. The van der Waals surface area contributed by atoms with E-state index in [1.165, 1.54) is 0 Å². The largest absolute Gasteiger partial charge is 0.514 e. The molecule has 0 radical (unpaired) electrons. The Morgan fingerprint density at radius 2 is 1.84 bits per heavy atom. The molecule has 2 rings (SSSR count). The third-order valence-corrected chi connectivity index (χ3v) is 4.00. The molecule has 2 heterocycles. The molecular weight excluding hydrogens is 243 g/mol. The Balaban J connectivity index is 2.26. The minimum Gasteiger partial charge on any atom is -0.398 e. The fourth-order valence-corrected chi connectivity index (χ4v) is 2.07. The van der Waals surface area contributed by atoms with Crippen molar-refractivity contribution in [1.29, 1.82) is 0 Å². The van der Waals surface area contributed by atoms with E-state index in [1.54, 1.807) is 4.68 Å². The molecule has 6 heteroatoms. The van der Waals surface area contributed by atoms with Crippen molar-refractivity contribution in [3.05, 3.63) is 11.8 Å². The lowest BCUT2D eigenvalue weighted by Gasteiger charge is -2.32. The number of ether oxygens (including phenoxy) is 1. The van der Waals surface area contributed by atoms with Gasteiger partial charge in [-0.05, 0) is 34.6 Å².